The summed E-state index contributed by atoms with van der Waals surface area (Å²) >= 11 is 0. The molecule has 0 aliphatic carbocycles. The molecule has 1 aromatic heterocycles. The molecule has 0 N–H and O–H groups in total. The maximum atomic E-state index is 13.7. The molecule has 0 radical (unpaired) electrons. The second kappa shape index (κ2) is 10.2. The second-order valence-electron chi connectivity index (χ2n) is 9.14. The lowest BCUT2D eigenvalue weighted by Crippen LogP contribution is -2.46. The summed E-state index contributed by atoms with van der Waals surface area (Å²) in [4.78, 5) is 14.9. The highest BCUT2D eigenvalue weighted by Gasteiger charge is 2.37. The molecule has 1 atom stereocenters. The molecule has 1 aliphatic heterocycles. The van der Waals surface area contributed by atoms with Crippen LogP contribution < -0.4 is 4.90 Å². The first-order valence-electron chi connectivity index (χ1n) is 11.7. The Morgan fingerprint density at radius 1 is 1.09 bits per heavy atom. The molecule has 1 saturated heterocycles. The third-order valence-corrected chi connectivity index (χ3v) is 8.41. The molecule has 0 spiro atoms. The Morgan fingerprint density at radius 2 is 1.83 bits per heavy atom. The van der Waals surface area contributed by atoms with Gasteiger partial charge in [-0.05, 0) is 62.9 Å². The lowest BCUT2D eigenvalue weighted by Gasteiger charge is -2.33. The van der Waals surface area contributed by atoms with E-state index >= 15 is 0 Å². The highest BCUT2D eigenvalue weighted by Crippen LogP contribution is 2.30. The van der Waals surface area contributed by atoms with E-state index in [-0.39, 0.29) is 23.1 Å². The van der Waals surface area contributed by atoms with Crippen LogP contribution in [-0.4, -0.2) is 43.9 Å². The Hall–Kier alpha value is -3.23. The van der Waals surface area contributed by atoms with Crippen LogP contribution in [0.25, 0.3) is 12.2 Å². The largest absolute Gasteiger partial charge is 0.355 e. The lowest BCUT2D eigenvalue weighted by atomic mass is 9.98. The van der Waals surface area contributed by atoms with E-state index in [9.17, 15) is 13.2 Å². The van der Waals surface area contributed by atoms with Crippen molar-refractivity contribution in [2.24, 2.45) is 5.92 Å². The average molecular weight is 494 g/mol. The summed E-state index contributed by atoms with van der Waals surface area (Å²) in [5, 5.41) is 3.93. The van der Waals surface area contributed by atoms with Gasteiger partial charge in [-0.15, -0.1) is 0 Å². The zero-order valence-electron chi connectivity index (χ0n) is 20.6. The first-order valence-corrected chi connectivity index (χ1v) is 13.2. The van der Waals surface area contributed by atoms with Crippen molar-refractivity contribution in [3.8, 4) is 0 Å². The van der Waals surface area contributed by atoms with E-state index < -0.39 is 15.9 Å². The van der Waals surface area contributed by atoms with Crippen molar-refractivity contribution in [3.05, 3.63) is 76.7 Å². The molecule has 1 aliphatic rings. The van der Waals surface area contributed by atoms with Crippen molar-refractivity contribution in [2.45, 2.75) is 38.5 Å². The number of piperidine rings is 1. The van der Waals surface area contributed by atoms with Gasteiger partial charge in [0.15, 0.2) is 10.7 Å². The third kappa shape index (κ3) is 5.39. The van der Waals surface area contributed by atoms with Gasteiger partial charge in [-0.2, -0.15) is 4.31 Å². The Kier molecular flexibility index (Phi) is 7.23. The fourth-order valence-electron chi connectivity index (χ4n) is 4.38. The van der Waals surface area contributed by atoms with Crippen molar-refractivity contribution in [2.75, 3.05) is 25.0 Å². The van der Waals surface area contributed by atoms with Crippen LogP contribution in [0.2, 0.25) is 0 Å². The zero-order chi connectivity index (χ0) is 25.2. The van der Waals surface area contributed by atoms with E-state index in [1.165, 1.54) is 4.31 Å². The Morgan fingerprint density at radius 3 is 2.54 bits per heavy atom. The van der Waals surface area contributed by atoms with Crippen molar-refractivity contribution in [1.82, 2.24) is 9.46 Å². The summed E-state index contributed by atoms with van der Waals surface area (Å²) in [6.07, 6.45) is 4.69. The fraction of sp³-hybridized carbons (Fsp3) is 0.333. The maximum Gasteiger partial charge on any atom is 0.248 e. The fourth-order valence-corrected chi connectivity index (χ4v) is 6.15. The minimum absolute atomic E-state index is 0.0565. The van der Waals surface area contributed by atoms with Crippen LogP contribution in [0.1, 0.15) is 41.0 Å². The summed E-state index contributed by atoms with van der Waals surface area (Å²) in [6.45, 7) is 6.09. The number of aromatic nitrogens is 1. The highest BCUT2D eigenvalue weighted by molar-refractivity contribution is 7.89. The van der Waals surface area contributed by atoms with Crippen LogP contribution in [-0.2, 0) is 14.8 Å². The molecule has 0 unspecified atom stereocenters. The summed E-state index contributed by atoms with van der Waals surface area (Å²) in [5.41, 5.74) is 4.23. The normalized spacial score (nSPS) is 17.1. The third-order valence-electron chi connectivity index (χ3n) is 6.39. The van der Waals surface area contributed by atoms with Gasteiger partial charge in [0, 0.05) is 25.8 Å². The van der Waals surface area contributed by atoms with Gasteiger partial charge < -0.3 is 9.42 Å². The molecule has 4 rings (SSSR count). The van der Waals surface area contributed by atoms with Crippen LogP contribution in [0.4, 0.5) is 5.69 Å². The Labute approximate surface area is 207 Å². The standard InChI is InChI=1S/C27H31N3O4S/c1-19-10-12-22(13-11-19)14-15-25-26(21(3)28-34-25)35(32,33)30-16-6-8-23(18-30)27(31)29(4)24-9-5-7-20(2)17-24/h5,7,9-15,17,23H,6,8,16,18H2,1-4H3/b15-14+/t23-/m0/s1. The topological polar surface area (TPSA) is 83.7 Å². The summed E-state index contributed by atoms with van der Waals surface area (Å²) in [7, 11) is -2.16. The number of aryl methyl sites for hydroxylation is 3. The number of carbonyl (C=O) groups is 1. The van der Waals surface area contributed by atoms with E-state index in [0.717, 1.165) is 22.4 Å². The maximum absolute atomic E-state index is 13.7. The van der Waals surface area contributed by atoms with Crippen LogP contribution in [0.3, 0.4) is 0 Å². The van der Waals surface area contributed by atoms with Gasteiger partial charge in [-0.1, -0.05) is 53.2 Å². The summed E-state index contributed by atoms with van der Waals surface area (Å²) in [5.74, 6) is -0.318. The van der Waals surface area contributed by atoms with E-state index in [4.69, 9.17) is 4.52 Å². The minimum Gasteiger partial charge on any atom is -0.355 e. The van der Waals surface area contributed by atoms with E-state index in [0.29, 0.717) is 25.1 Å². The monoisotopic (exact) mass is 493 g/mol. The van der Waals surface area contributed by atoms with E-state index in [1.54, 1.807) is 31.0 Å². The van der Waals surface area contributed by atoms with Crippen molar-refractivity contribution >= 4 is 33.8 Å². The van der Waals surface area contributed by atoms with Gasteiger partial charge in [0.05, 0.1) is 5.92 Å². The SMILES string of the molecule is Cc1ccc(/C=C/c2onc(C)c2S(=O)(=O)N2CCC[C@H](C(=O)N(C)c3cccc(C)c3)C2)cc1. The smallest absolute Gasteiger partial charge is 0.248 e. The second-order valence-corrected chi connectivity index (χ2v) is 11.0. The van der Waals surface area contributed by atoms with Crippen molar-refractivity contribution < 1.29 is 17.7 Å². The van der Waals surface area contributed by atoms with Gasteiger partial charge in [0.25, 0.3) is 0 Å². The van der Waals surface area contributed by atoms with Gasteiger partial charge in [-0.25, -0.2) is 8.42 Å². The number of hydrogen-bond donors (Lipinski definition) is 0. The predicted octanol–water partition coefficient (Wildman–Crippen LogP) is 4.83. The highest BCUT2D eigenvalue weighted by atomic mass is 32.2. The average Bonchev–Trinajstić information content (AvgIpc) is 3.24. The number of anilines is 1. The number of rotatable bonds is 6. The van der Waals surface area contributed by atoms with Gasteiger partial charge in [0.2, 0.25) is 15.9 Å². The molecular formula is C27H31N3O4S. The van der Waals surface area contributed by atoms with Crippen LogP contribution >= 0.6 is 0 Å². The number of carbonyl (C=O) groups excluding carboxylic acids is 1. The molecule has 0 bridgehead atoms. The molecule has 3 aromatic rings. The van der Waals surface area contributed by atoms with Gasteiger partial charge in [0.1, 0.15) is 5.69 Å². The summed E-state index contributed by atoms with van der Waals surface area (Å²) < 4.78 is 34.1. The first-order chi connectivity index (χ1) is 16.7. The molecular weight excluding hydrogens is 462 g/mol. The van der Waals surface area contributed by atoms with E-state index in [2.05, 4.69) is 5.16 Å². The number of amides is 1. The molecule has 35 heavy (non-hydrogen) atoms. The number of sulfonamides is 1. The number of hydrogen-bond acceptors (Lipinski definition) is 5. The Bertz CT molecular complexity index is 1340. The van der Waals surface area contributed by atoms with Crippen LogP contribution in [0.5, 0.6) is 0 Å². The predicted molar refractivity (Wildman–Crippen MR) is 137 cm³/mol. The Balaban J connectivity index is 1.55. The zero-order valence-corrected chi connectivity index (χ0v) is 21.4. The molecule has 1 fully saturated rings. The number of nitrogens with zero attached hydrogens (tertiary/aromatic N) is 3. The van der Waals surface area contributed by atoms with Crippen LogP contribution in [0, 0.1) is 26.7 Å². The van der Waals surface area contributed by atoms with Crippen molar-refractivity contribution in [1.29, 1.82) is 0 Å². The van der Waals surface area contributed by atoms with Gasteiger partial charge >= 0.3 is 0 Å². The van der Waals surface area contributed by atoms with Crippen LogP contribution in [0.15, 0.2) is 57.9 Å². The molecule has 1 amide bonds. The molecule has 184 valence electrons. The molecule has 2 aromatic carbocycles. The van der Waals surface area contributed by atoms with E-state index in [1.807, 2.05) is 62.4 Å². The molecule has 0 saturated carbocycles. The first kappa shape index (κ1) is 24.9. The van der Waals surface area contributed by atoms with Gasteiger partial charge in [-0.3, -0.25) is 4.79 Å². The quantitative estimate of drug-likeness (QED) is 0.491. The number of benzene rings is 2. The molecule has 2 heterocycles. The molecule has 8 heteroatoms. The summed E-state index contributed by atoms with van der Waals surface area (Å²) in [6, 6.07) is 15.6. The minimum atomic E-state index is -3.90. The van der Waals surface area contributed by atoms with Crippen molar-refractivity contribution in [3.63, 3.8) is 0 Å². The lowest BCUT2D eigenvalue weighted by molar-refractivity contribution is -0.123. The molecule has 7 nitrogen and oxygen atoms in total.